The van der Waals surface area contributed by atoms with Gasteiger partial charge in [-0.3, -0.25) is 9.80 Å². The van der Waals surface area contributed by atoms with Crippen molar-refractivity contribution in [3.63, 3.8) is 0 Å². The number of carbonyl (C=O) groups excluding carboxylic acids is 1. The number of β-lactam (4-membered cyclic amide) rings is 1. The summed E-state index contributed by atoms with van der Waals surface area (Å²) in [5.41, 5.74) is 0.926. The average Bonchev–Trinajstić information content (AvgIpc) is 3.13. The zero-order chi connectivity index (χ0) is 17.9. The summed E-state index contributed by atoms with van der Waals surface area (Å²) in [4.78, 5) is 12.6. The van der Waals surface area contributed by atoms with Gasteiger partial charge in [0.2, 0.25) is 0 Å². The second kappa shape index (κ2) is 7.85. The van der Waals surface area contributed by atoms with Gasteiger partial charge in [0.25, 0.3) is 5.91 Å². The van der Waals surface area contributed by atoms with E-state index in [0.29, 0.717) is 13.2 Å². The second-order valence-corrected chi connectivity index (χ2v) is 7.00. The molecular formula is C20H30N2O3. The van der Waals surface area contributed by atoms with Gasteiger partial charge in [-0.15, -0.1) is 0 Å². The minimum Gasteiger partial charge on any atom is -0.377 e. The highest BCUT2D eigenvalue weighted by Gasteiger charge is 2.50. The zero-order valence-electron chi connectivity index (χ0n) is 15.6. The Morgan fingerprint density at radius 1 is 1.20 bits per heavy atom. The molecule has 0 spiro atoms. The maximum Gasteiger partial charge on any atom is 0.268 e. The van der Waals surface area contributed by atoms with Crippen molar-refractivity contribution in [3.8, 4) is 0 Å². The molecule has 0 aromatic heterocycles. The molecule has 2 aliphatic rings. The first-order valence-corrected chi connectivity index (χ1v) is 9.43. The predicted molar refractivity (Wildman–Crippen MR) is 96.8 cm³/mol. The van der Waals surface area contributed by atoms with E-state index in [0.717, 1.165) is 37.8 Å². The number of hydrogen-bond donors (Lipinski definition) is 0. The molecule has 2 heterocycles. The molecule has 0 unspecified atom stereocenters. The van der Waals surface area contributed by atoms with Crippen LogP contribution in [-0.2, 0) is 20.9 Å². The van der Waals surface area contributed by atoms with Crippen molar-refractivity contribution in [1.29, 1.82) is 0 Å². The van der Waals surface area contributed by atoms with Crippen LogP contribution < -0.4 is 0 Å². The van der Waals surface area contributed by atoms with Crippen molar-refractivity contribution in [2.45, 2.75) is 63.9 Å². The Bertz CT molecular complexity index is 565. The number of carbonyl (C=O) groups is 1. The van der Waals surface area contributed by atoms with Gasteiger partial charge in [-0.25, -0.2) is 5.01 Å². The molecule has 0 bridgehead atoms. The summed E-state index contributed by atoms with van der Waals surface area (Å²) in [6.07, 6.45) is 3.78. The van der Waals surface area contributed by atoms with Crippen molar-refractivity contribution >= 4 is 5.91 Å². The topological polar surface area (TPSA) is 42.0 Å². The third kappa shape index (κ3) is 3.46. The molecule has 3 rings (SSSR count). The first kappa shape index (κ1) is 18.4. The number of methoxy groups -OCH3 is 1. The highest BCUT2D eigenvalue weighted by molar-refractivity contribution is 5.86. The van der Waals surface area contributed by atoms with Crippen LogP contribution in [0.4, 0.5) is 0 Å². The Morgan fingerprint density at radius 2 is 1.92 bits per heavy atom. The van der Waals surface area contributed by atoms with Crippen molar-refractivity contribution in [2.24, 2.45) is 0 Å². The molecule has 5 heteroatoms. The molecular weight excluding hydrogens is 316 g/mol. The molecule has 2 saturated heterocycles. The Hall–Kier alpha value is -1.43. The molecule has 2 fully saturated rings. The zero-order valence-corrected chi connectivity index (χ0v) is 15.6. The fourth-order valence-electron chi connectivity index (χ4n) is 4.23. The van der Waals surface area contributed by atoms with Crippen LogP contribution >= 0.6 is 0 Å². The number of rotatable bonds is 8. The standard InChI is InChI=1S/C20H30N2O3/c1-4-20(5-2,24-3)18-12-9-13-21(18)22-14-17(19(22)23)25-15-16-10-7-6-8-11-16/h6-8,10-11,17-18H,4-5,9,12-15H2,1-3H3/t17-,18+/m1/s1. The van der Waals surface area contributed by atoms with Crippen LogP contribution in [0.1, 0.15) is 45.1 Å². The van der Waals surface area contributed by atoms with E-state index in [1.165, 1.54) is 0 Å². The molecule has 1 aromatic carbocycles. The number of hydrogen-bond acceptors (Lipinski definition) is 4. The van der Waals surface area contributed by atoms with E-state index < -0.39 is 0 Å². The van der Waals surface area contributed by atoms with E-state index in [2.05, 4.69) is 18.9 Å². The van der Waals surface area contributed by atoms with Crippen molar-refractivity contribution in [3.05, 3.63) is 35.9 Å². The highest BCUT2D eigenvalue weighted by atomic mass is 16.5. The van der Waals surface area contributed by atoms with Gasteiger partial charge in [0.05, 0.1) is 24.8 Å². The number of amides is 1. The third-order valence-electron chi connectivity index (χ3n) is 5.91. The summed E-state index contributed by atoms with van der Waals surface area (Å²) in [5, 5.41) is 4.12. The number of nitrogens with zero attached hydrogens (tertiary/aromatic N) is 2. The molecule has 2 aliphatic heterocycles. The lowest BCUT2D eigenvalue weighted by Crippen LogP contribution is -2.67. The summed E-state index contributed by atoms with van der Waals surface area (Å²) in [7, 11) is 1.80. The summed E-state index contributed by atoms with van der Waals surface area (Å²) in [5.74, 6) is 0.0834. The quantitative estimate of drug-likeness (QED) is 0.679. The van der Waals surface area contributed by atoms with Crippen molar-refractivity contribution < 1.29 is 14.3 Å². The Labute approximate surface area is 150 Å². The normalized spacial score (nSPS) is 24.6. The van der Waals surface area contributed by atoms with E-state index in [4.69, 9.17) is 9.47 Å². The fraction of sp³-hybridized carbons (Fsp3) is 0.650. The van der Waals surface area contributed by atoms with Crippen LogP contribution in [-0.4, -0.2) is 53.9 Å². The molecule has 0 radical (unpaired) electrons. The van der Waals surface area contributed by atoms with Crippen LogP contribution in [0.15, 0.2) is 30.3 Å². The summed E-state index contributed by atoms with van der Waals surface area (Å²) in [6.45, 7) is 6.41. The first-order valence-electron chi connectivity index (χ1n) is 9.43. The lowest BCUT2D eigenvalue weighted by atomic mass is 9.87. The molecule has 25 heavy (non-hydrogen) atoms. The van der Waals surface area contributed by atoms with Gasteiger partial charge in [0, 0.05) is 13.7 Å². The number of hydrazine groups is 1. The van der Waals surface area contributed by atoms with Gasteiger partial charge < -0.3 is 9.47 Å². The van der Waals surface area contributed by atoms with E-state index in [-0.39, 0.29) is 23.7 Å². The SMILES string of the molecule is CCC(CC)(OC)[C@@H]1CCCN1N1C[C@@H](OCc2ccccc2)C1=O. The van der Waals surface area contributed by atoms with E-state index in [9.17, 15) is 4.79 Å². The van der Waals surface area contributed by atoms with Crippen molar-refractivity contribution in [1.82, 2.24) is 10.0 Å². The first-order chi connectivity index (χ1) is 12.1. The smallest absolute Gasteiger partial charge is 0.268 e. The van der Waals surface area contributed by atoms with E-state index in [1.54, 1.807) is 7.11 Å². The maximum absolute atomic E-state index is 12.6. The number of benzene rings is 1. The highest BCUT2D eigenvalue weighted by Crippen LogP contribution is 2.37. The molecule has 2 atom stereocenters. The number of ether oxygens (including phenoxy) is 2. The molecule has 1 amide bonds. The maximum atomic E-state index is 12.6. The van der Waals surface area contributed by atoms with Crippen LogP contribution in [0, 0.1) is 0 Å². The van der Waals surface area contributed by atoms with Gasteiger partial charge in [0.15, 0.2) is 6.10 Å². The Balaban J connectivity index is 1.59. The van der Waals surface area contributed by atoms with Gasteiger partial charge >= 0.3 is 0 Å². The average molecular weight is 346 g/mol. The summed E-state index contributed by atoms with van der Waals surface area (Å²) >= 11 is 0. The Kier molecular flexibility index (Phi) is 5.77. The lowest BCUT2D eigenvalue weighted by molar-refractivity contribution is -0.208. The molecule has 0 saturated carbocycles. The third-order valence-corrected chi connectivity index (χ3v) is 5.91. The van der Waals surface area contributed by atoms with Crippen LogP contribution in [0.5, 0.6) is 0 Å². The Morgan fingerprint density at radius 3 is 2.52 bits per heavy atom. The van der Waals surface area contributed by atoms with Gasteiger partial charge in [-0.05, 0) is 31.2 Å². The molecule has 0 aliphatic carbocycles. The molecule has 138 valence electrons. The van der Waals surface area contributed by atoms with E-state index >= 15 is 0 Å². The molecule has 5 nitrogen and oxygen atoms in total. The lowest BCUT2D eigenvalue weighted by Gasteiger charge is -2.50. The second-order valence-electron chi connectivity index (χ2n) is 7.00. The van der Waals surface area contributed by atoms with Crippen molar-refractivity contribution in [2.75, 3.05) is 20.2 Å². The van der Waals surface area contributed by atoms with Gasteiger partial charge in [0.1, 0.15) is 0 Å². The van der Waals surface area contributed by atoms with E-state index in [1.807, 2.05) is 35.3 Å². The fourth-order valence-corrected chi connectivity index (χ4v) is 4.23. The predicted octanol–water partition coefficient (Wildman–Crippen LogP) is 3.00. The summed E-state index contributed by atoms with van der Waals surface area (Å²) in [6, 6.07) is 10.3. The minimum absolute atomic E-state index is 0.0834. The monoisotopic (exact) mass is 346 g/mol. The molecule has 0 N–H and O–H groups in total. The largest absolute Gasteiger partial charge is 0.377 e. The minimum atomic E-state index is -0.318. The summed E-state index contributed by atoms with van der Waals surface area (Å²) < 4.78 is 11.7. The van der Waals surface area contributed by atoms with Crippen LogP contribution in [0.25, 0.3) is 0 Å². The van der Waals surface area contributed by atoms with Crippen LogP contribution in [0.3, 0.4) is 0 Å². The molecule has 1 aromatic rings. The van der Waals surface area contributed by atoms with Crippen LogP contribution in [0.2, 0.25) is 0 Å². The van der Waals surface area contributed by atoms with Gasteiger partial charge in [-0.2, -0.15) is 0 Å². The van der Waals surface area contributed by atoms with Gasteiger partial charge in [-0.1, -0.05) is 44.2 Å².